The molecule has 2 atom stereocenters. The van der Waals surface area contributed by atoms with Crippen LogP contribution in [0.25, 0.3) is 0 Å². The molecule has 0 aromatic heterocycles. The minimum absolute atomic E-state index is 0.332. The molecule has 74 valence electrons. The zero-order chi connectivity index (χ0) is 10.4. The van der Waals surface area contributed by atoms with Crippen molar-refractivity contribution in [2.75, 3.05) is 0 Å². The Hall–Kier alpha value is -0.440. The van der Waals surface area contributed by atoms with Crippen molar-refractivity contribution in [3.05, 3.63) is 11.6 Å². The molecule has 0 aromatic carbocycles. The Morgan fingerprint density at radius 1 is 1.46 bits per heavy atom. The van der Waals surface area contributed by atoms with E-state index >= 15 is 0 Å². The highest BCUT2D eigenvalue weighted by molar-refractivity contribution is 9.18. The van der Waals surface area contributed by atoms with Crippen LogP contribution in [0.2, 0.25) is 0 Å². The van der Waals surface area contributed by atoms with Crippen LogP contribution in [0.5, 0.6) is 0 Å². The van der Waals surface area contributed by atoms with E-state index < -0.39 is 0 Å². The summed E-state index contributed by atoms with van der Waals surface area (Å²) in [5.41, 5.74) is 0.907. The van der Waals surface area contributed by atoms with E-state index in [4.69, 9.17) is 10.8 Å². The first-order chi connectivity index (χ1) is 6.04. The molecular weight excluding hydrogens is 228 g/mol. The normalized spacial score (nSPS) is 16.5. The second kappa shape index (κ2) is 6.08. The topological polar surface area (TPSA) is 47.7 Å². The van der Waals surface area contributed by atoms with Crippen molar-refractivity contribution in [2.24, 2.45) is 11.8 Å². The van der Waals surface area contributed by atoms with Gasteiger partial charge in [-0.15, -0.1) is 0 Å². The Labute approximate surface area is 88.6 Å². The summed E-state index contributed by atoms with van der Waals surface area (Å²) in [6.45, 7) is 6.40. The standard InChI is InChI=1S/C10H17BrN2/c1-4-7(2)8(3)9(5-6-12)10(11)13/h5-8,12-13H,4H2,1-3H3/b9-5-,12-6?,13-10?. The van der Waals surface area contributed by atoms with Crippen LogP contribution in [0.4, 0.5) is 0 Å². The quantitative estimate of drug-likeness (QED) is 0.695. The largest absolute Gasteiger partial charge is 0.309 e. The number of halogens is 1. The summed E-state index contributed by atoms with van der Waals surface area (Å²) in [7, 11) is 0. The lowest BCUT2D eigenvalue weighted by Crippen LogP contribution is -2.13. The van der Waals surface area contributed by atoms with Crippen LogP contribution in [0.15, 0.2) is 11.6 Å². The maximum absolute atomic E-state index is 7.50. The molecule has 0 aliphatic carbocycles. The van der Waals surface area contributed by atoms with Gasteiger partial charge in [0, 0.05) is 6.21 Å². The number of hydrogen-bond acceptors (Lipinski definition) is 2. The summed E-state index contributed by atoms with van der Waals surface area (Å²) in [6.07, 6.45) is 4.02. The van der Waals surface area contributed by atoms with Crippen molar-refractivity contribution in [1.29, 1.82) is 10.8 Å². The van der Waals surface area contributed by atoms with Crippen LogP contribution >= 0.6 is 15.9 Å². The summed E-state index contributed by atoms with van der Waals surface area (Å²) in [5.74, 6) is 0.877. The predicted molar refractivity (Wildman–Crippen MR) is 62.1 cm³/mol. The molecule has 0 amide bonds. The molecule has 0 aliphatic rings. The van der Waals surface area contributed by atoms with Gasteiger partial charge in [-0.2, -0.15) is 0 Å². The van der Waals surface area contributed by atoms with Crippen molar-refractivity contribution < 1.29 is 0 Å². The lowest BCUT2D eigenvalue weighted by atomic mass is 9.87. The third kappa shape index (κ3) is 3.85. The smallest absolute Gasteiger partial charge is 0.100 e. The SMILES string of the molecule is CCC(C)C(C)/C(=C/C=N)C(=N)Br. The van der Waals surface area contributed by atoms with Crippen LogP contribution in [-0.4, -0.2) is 10.8 Å². The molecule has 0 spiro atoms. The second-order valence-electron chi connectivity index (χ2n) is 3.28. The van der Waals surface area contributed by atoms with Crippen molar-refractivity contribution in [1.82, 2.24) is 0 Å². The molecule has 13 heavy (non-hydrogen) atoms. The maximum atomic E-state index is 7.50. The fourth-order valence-electron chi connectivity index (χ4n) is 1.17. The minimum atomic E-state index is 0.332. The van der Waals surface area contributed by atoms with Crippen LogP contribution in [0.3, 0.4) is 0 Å². The molecule has 0 rings (SSSR count). The van der Waals surface area contributed by atoms with E-state index in [2.05, 4.69) is 36.7 Å². The van der Waals surface area contributed by atoms with Gasteiger partial charge in [0.1, 0.15) is 4.62 Å². The van der Waals surface area contributed by atoms with Gasteiger partial charge >= 0.3 is 0 Å². The van der Waals surface area contributed by atoms with E-state index in [-0.39, 0.29) is 0 Å². The highest BCUT2D eigenvalue weighted by Gasteiger charge is 2.16. The maximum Gasteiger partial charge on any atom is 0.100 e. The Morgan fingerprint density at radius 3 is 2.31 bits per heavy atom. The highest BCUT2D eigenvalue weighted by atomic mass is 79.9. The summed E-state index contributed by atoms with van der Waals surface area (Å²) in [6, 6.07) is 0. The molecule has 2 unspecified atom stereocenters. The van der Waals surface area contributed by atoms with Gasteiger partial charge in [0.05, 0.1) is 0 Å². The lowest BCUT2D eigenvalue weighted by Gasteiger charge is -2.20. The first kappa shape index (κ1) is 12.6. The molecule has 0 saturated carbocycles. The van der Waals surface area contributed by atoms with Crippen molar-refractivity contribution in [3.63, 3.8) is 0 Å². The monoisotopic (exact) mass is 244 g/mol. The Bertz CT molecular complexity index is 221. The van der Waals surface area contributed by atoms with Crippen LogP contribution in [0, 0.1) is 22.7 Å². The van der Waals surface area contributed by atoms with E-state index in [0.717, 1.165) is 12.0 Å². The number of allylic oxidation sites excluding steroid dienone is 2. The average molecular weight is 245 g/mol. The minimum Gasteiger partial charge on any atom is -0.309 e. The lowest BCUT2D eigenvalue weighted by molar-refractivity contribution is 0.438. The van der Waals surface area contributed by atoms with Crippen molar-refractivity contribution in [3.8, 4) is 0 Å². The molecule has 0 aromatic rings. The first-order valence-corrected chi connectivity index (χ1v) is 5.28. The third-order valence-corrected chi connectivity index (χ3v) is 2.96. The van der Waals surface area contributed by atoms with Gasteiger partial charge in [0.15, 0.2) is 0 Å². The fraction of sp³-hybridized carbons (Fsp3) is 0.600. The average Bonchev–Trinajstić information content (AvgIpc) is 2.11. The van der Waals surface area contributed by atoms with Gasteiger partial charge in [-0.1, -0.05) is 27.2 Å². The number of nitrogens with one attached hydrogen (secondary N) is 2. The predicted octanol–water partition coefficient (Wildman–Crippen LogP) is 3.62. The zero-order valence-corrected chi connectivity index (χ0v) is 9.98. The molecule has 3 heteroatoms. The van der Waals surface area contributed by atoms with Gasteiger partial charge in [-0.25, -0.2) is 0 Å². The molecule has 2 N–H and O–H groups in total. The molecule has 0 aliphatic heterocycles. The zero-order valence-electron chi connectivity index (χ0n) is 8.39. The Balaban J connectivity index is 4.65. The Morgan fingerprint density at radius 2 is 2.00 bits per heavy atom. The van der Waals surface area contributed by atoms with E-state index in [0.29, 0.717) is 16.5 Å². The second-order valence-corrected chi connectivity index (χ2v) is 4.07. The summed E-state index contributed by atoms with van der Waals surface area (Å²) < 4.78 is 0.392. The van der Waals surface area contributed by atoms with Gasteiger partial charge in [0.25, 0.3) is 0 Å². The molecule has 2 nitrogen and oxygen atoms in total. The van der Waals surface area contributed by atoms with E-state index in [9.17, 15) is 0 Å². The molecule has 0 fully saturated rings. The summed E-state index contributed by atoms with van der Waals surface area (Å²) in [5, 5.41) is 14.5. The molecule has 0 bridgehead atoms. The van der Waals surface area contributed by atoms with E-state index in [1.54, 1.807) is 6.08 Å². The van der Waals surface area contributed by atoms with Crippen molar-refractivity contribution >= 4 is 26.8 Å². The van der Waals surface area contributed by atoms with Gasteiger partial charge < -0.3 is 5.41 Å². The van der Waals surface area contributed by atoms with E-state index in [1.807, 2.05) is 0 Å². The van der Waals surface area contributed by atoms with Gasteiger partial charge in [-0.05, 0) is 39.4 Å². The first-order valence-electron chi connectivity index (χ1n) is 4.49. The molecule has 0 saturated heterocycles. The van der Waals surface area contributed by atoms with Gasteiger partial charge in [-0.3, -0.25) is 5.41 Å². The van der Waals surface area contributed by atoms with Crippen LogP contribution < -0.4 is 0 Å². The van der Waals surface area contributed by atoms with Crippen molar-refractivity contribution in [2.45, 2.75) is 27.2 Å². The summed E-state index contributed by atoms with van der Waals surface area (Å²) >= 11 is 3.15. The highest BCUT2D eigenvalue weighted by Crippen LogP contribution is 2.24. The third-order valence-electron chi connectivity index (χ3n) is 2.50. The molecular formula is C10H17BrN2. The molecule has 0 heterocycles. The van der Waals surface area contributed by atoms with Gasteiger partial charge in [0.2, 0.25) is 0 Å². The summed E-state index contributed by atoms with van der Waals surface area (Å²) in [4.78, 5) is 0. The van der Waals surface area contributed by atoms with E-state index in [1.165, 1.54) is 6.21 Å². The molecule has 0 radical (unpaired) electrons. The van der Waals surface area contributed by atoms with Crippen LogP contribution in [-0.2, 0) is 0 Å². The van der Waals surface area contributed by atoms with Crippen LogP contribution in [0.1, 0.15) is 27.2 Å². The Kier molecular flexibility index (Phi) is 5.88. The number of rotatable bonds is 5. The number of hydrogen-bond donors (Lipinski definition) is 2. The fourth-order valence-corrected chi connectivity index (χ4v) is 1.67.